The van der Waals surface area contributed by atoms with E-state index < -0.39 is 0 Å². The highest BCUT2D eigenvalue weighted by Gasteiger charge is 2.27. The van der Waals surface area contributed by atoms with Crippen molar-refractivity contribution in [2.45, 2.75) is 38.3 Å². The first-order valence-corrected chi connectivity index (χ1v) is 3.39. The summed E-state index contributed by atoms with van der Waals surface area (Å²) in [5, 5.41) is 3.34. The van der Waals surface area contributed by atoms with Gasteiger partial charge in [0.15, 0.2) is 0 Å². The van der Waals surface area contributed by atoms with E-state index in [-0.39, 0.29) is 5.54 Å². The third kappa shape index (κ3) is 2.07. The van der Waals surface area contributed by atoms with Crippen LogP contribution in [0.25, 0.3) is 0 Å². The van der Waals surface area contributed by atoms with Gasteiger partial charge in [0.05, 0.1) is 5.54 Å². The Hall–Kier alpha value is -0.480. The monoisotopic (exact) mass is 123 g/mol. The van der Waals surface area contributed by atoms with E-state index in [9.17, 15) is 0 Å². The minimum absolute atomic E-state index is 0.0961. The van der Waals surface area contributed by atoms with Gasteiger partial charge in [-0.3, -0.25) is 5.32 Å². The van der Waals surface area contributed by atoms with Gasteiger partial charge in [0, 0.05) is 6.04 Å². The Morgan fingerprint density at radius 3 is 2.44 bits per heavy atom. The quantitative estimate of drug-likeness (QED) is 0.543. The fourth-order valence-corrected chi connectivity index (χ4v) is 0.780. The van der Waals surface area contributed by atoms with Crippen molar-refractivity contribution in [2.75, 3.05) is 0 Å². The van der Waals surface area contributed by atoms with Crippen LogP contribution >= 0.6 is 0 Å². The molecule has 0 spiro atoms. The van der Waals surface area contributed by atoms with E-state index in [0.29, 0.717) is 6.04 Å². The van der Waals surface area contributed by atoms with Gasteiger partial charge in [-0.1, -0.05) is 5.92 Å². The summed E-state index contributed by atoms with van der Waals surface area (Å²) in [6, 6.07) is 0.705. The summed E-state index contributed by atoms with van der Waals surface area (Å²) in [6.45, 7) is 4.07. The van der Waals surface area contributed by atoms with E-state index in [4.69, 9.17) is 6.42 Å². The maximum atomic E-state index is 5.27. The minimum atomic E-state index is -0.0961. The van der Waals surface area contributed by atoms with Crippen molar-refractivity contribution in [2.24, 2.45) is 0 Å². The lowest BCUT2D eigenvalue weighted by Gasteiger charge is -2.18. The minimum Gasteiger partial charge on any atom is -0.299 e. The van der Waals surface area contributed by atoms with Gasteiger partial charge >= 0.3 is 0 Å². The fraction of sp³-hybridized carbons (Fsp3) is 0.750. The lowest BCUT2D eigenvalue weighted by Crippen LogP contribution is -2.38. The molecule has 0 atom stereocenters. The highest BCUT2D eigenvalue weighted by molar-refractivity contribution is 5.09. The van der Waals surface area contributed by atoms with E-state index in [1.54, 1.807) is 0 Å². The van der Waals surface area contributed by atoms with Crippen molar-refractivity contribution in [1.29, 1.82) is 0 Å². The molecule has 1 fully saturated rings. The Balaban J connectivity index is 2.32. The second kappa shape index (κ2) is 2.04. The molecule has 0 unspecified atom stereocenters. The summed E-state index contributed by atoms with van der Waals surface area (Å²) < 4.78 is 0. The molecular formula is C8H13N. The van der Waals surface area contributed by atoms with Gasteiger partial charge in [0.1, 0.15) is 0 Å². The molecular weight excluding hydrogens is 110 g/mol. The van der Waals surface area contributed by atoms with Crippen LogP contribution in [-0.4, -0.2) is 11.6 Å². The van der Waals surface area contributed by atoms with Crippen LogP contribution in [0.5, 0.6) is 0 Å². The first kappa shape index (κ1) is 6.64. The maximum Gasteiger partial charge on any atom is 0.0743 e. The Labute approximate surface area is 56.8 Å². The Kier molecular flexibility index (Phi) is 1.50. The summed E-state index contributed by atoms with van der Waals surface area (Å²) in [5.74, 6) is 2.70. The van der Waals surface area contributed by atoms with Crippen molar-refractivity contribution in [1.82, 2.24) is 5.32 Å². The van der Waals surface area contributed by atoms with Crippen LogP contribution in [0.4, 0.5) is 0 Å². The van der Waals surface area contributed by atoms with Crippen LogP contribution in [0.15, 0.2) is 0 Å². The molecule has 0 aromatic carbocycles. The zero-order chi connectivity index (χ0) is 6.91. The van der Waals surface area contributed by atoms with Crippen molar-refractivity contribution in [3.05, 3.63) is 0 Å². The topological polar surface area (TPSA) is 12.0 Å². The van der Waals surface area contributed by atoms with Gasteiger partial charge in [0.2, 0.25) is 0 Å². The molecule has 0 amide bonds. The Morgan fingerprint density at radius 2 is 2.11 bits per heavy atom. The molecule has 1 aliphatic rings. The Bertz CT molecular complexity index is 137. The lowest BCUT2D eigenvalue weighted by molar-refractivity contribution is 0.488. The van der Waals surface area contributed by atoms with Crippen LogP contribution in [0, 0.1) is 12.3 Å². The van der Waals surface area contributed by atoms with Crippen LogP contribution in [0.3, 0.4) is 0 Å². The lowest BCUT2D eigenvalue weighted by atomic mass is 10.1. The molecule has 1 rings (SSSR count). The normalized spacial score (nSPS) is 19.2. The Morgan fingerprint density at radius 1 is 1.56 bits per heavy atom. The van der Waals surface area contributed by atoms with Gasteiger partial charge < -0.3 is 0 Å². The fourth-order valence-electron chi connectivity index (χ4n) is 0.780. The highest BCUT2D eigenvalue weighted by Crippen LogP contribution is 2.21. The van der Waals surface area contributed by atoms with Crippen molar-refractivity contribution < 1.29 is 0 Å². The largest absolute Gasteiger partial charge is 0.299 e. The zero-order valence-corrected chi connectivity index (χ0v) is 6.07. The third-order valence-electron chi connectivity index (χ3n) is 1.50. The number of hydrogen-bond donors (Lipinski definition) is 1. The summed E-state index contributed by atoms with van der Waals surface area (Å²) in [6.07, 6.45) is 7.86. The summed E-state index contributed by atoms with van der Waals surface area (Å²) in [5.41, 5.74) is -0.0961. The first-order valence-electron chi connectivity index (χ1n) is 3.39. The van der Waals surface area contributed by atoms with Crippen molar-refractivity contribution in [3.8, 4) is 12.3 Å². The van der Waals surface area contributed by atoms with E-state index >= 15 is 0 Å². The maximum absolute atomic E-state index is 5.27. The number of rotatable bonds is 2. The van der Waals surface area contributed by atoms with E-state index in [1.807, 2.05) is 13.8 Å². The van der Waals surface area contributed by atoms with Crippen LogP contribution in [-0.2, 0) is 0 Å². The molecule has 1 heteroatoms. The number of terminal acetylenes is 1. The van der Waals surface area contributed by atoms with E-state index in [0.717, 1.165) is 0 Å². The van der Waals surface area contributed by atoms with E-state index in [1.165, 1.54) is 12.8 Å². The zero-order valence-electron chi connectivity index (χ0n) is 6.07. The second-order valence-corrected chi connectivity index (χ2v) is 3.19. The average Bonchev–Trinajstić information content (AvgIpc) is 2.50. The molecule has 0 heterocycles. The van der Waals surface area contributed by atoms with Gasteiger partial charge in [0.25, 0.3) is 0 Å². The highest BCUT2D eigenvalue weighted by atomic mass is 15.0. The van der Waals surface area contributed by atoms with Crippen LogP contribution in [0.1, 0.15) is 26.7 Å². The molecule has 0 radical (unpaired) electrons. The van der Waals surface area contributed by atoms with Gasteiger partial charge in [-0.25, -0.2) is 0 Å². The average molecular weight is 123 g/mol. The molecule has 0 bridgehead atoms. The molecule has 0 saturated heterocycles. The van der Waals surface area contributed by atoms with Crippen LogP contribution < -0.4 is 5.32 Å². The number of hydrogen-bond acceptors (Lipinski definition) is 1. The summed E-state index contributed by atoms with van der Waals surface area (Å²) in [7, 11) is 0. The third-order valence-corrected chi connectivity index (χ3v) is 1.50. The molecule has 1 aliphatic carbocycles. The van der Waals surface area contributed by atoms with Gasteiger partial charge in [-0.2, -0.15) is 0 Å². The predicted octanol–water partition coefficient (Wildman–Crippen LogP) is 1.15. The summed E-state index contributed by atoms with van der Waals surface area (Å²) in [4.78, 5) is 0. The second-order valence-electron chi connectivity index (χ2n) is 3.19. The molecule has 0 aliphatic heterocycles. The summed E-state index contributed by atoms with van der Waals surface area (Å²) >= 11 is 0. The predicted molar refractivity (Wildman–Crippen MR) is 39.1 cm³/mol. The smallest absolute Gasteiger partial charge is 0.0743 e. The SMILES string of the molecule is C#CC(C)(C)NC1CC1. The molecule has 9 heavy (non-hydrogen) atoms. The molecule has 0 aromatic heterocycles. The molecule has 1 nitrogen and oxygen atoms in total. The van der Waals surface area contributed by atoms with E-state index in [2.05, 4.69) is 11.2 Å². The molecule has 1 N–H and O–H groups in total. The van der Waals surface area contributed by atoms with Crippen molar-refractivity contribution in [3.63, 3.8) is 0 Å². The van der Waals surface area contributed by atoms with Gasteiger partial charge in [-0.05, 0) is 26.7 Å². The standard InChI is InChI=1S/C8H13N/c1-4-8(2,3)9-7-5-6-7/h1,7,9H,5-6H2,2-3H3. The molecule has 50 valence electrons. The van der Waals surface area contributed by atoms with Crippen molar-refractivity contribution >= 4 is 0 Å². The first-order chi connectivity index (χ1) is 4.14. The number of nitrogens with one attached hydrogen (secondary N) is 1. The van der Waals surface area contributed by atoms with Gasteiger partial charge in [-0.15, -0.1) is 6.42 Å². The van der Waals surface area contributed by atoms with Crippen LogP contribution in [0.2, 0.25) is 0 Å². The molecule has 0 aromatic rings. The molecule has 1 saturated carbocycles.